The van der Waals surface area contributed by atoms with Gasteiger partial charge in [0.15, 0.2) is 11.6 Å². The Morgan fingerprint density at radius 3 is 2.29 bits per heavy atom. The number of anilines is 1. The van der Waals surface area contributed by atoms with Crippen LogP contribution in [0.25, 0.3) is 16.7 Å². The van der Waals surface area contributed by atoms with Crippen LogP contribution in [0.3, 0.4) is 0 Å². The molecule has 2 saturated heterocycles. The van der Waals surface area contributed by atoms with Crippen molar-refractivity contribution in [3.63, 3.8) is 0 Å². The minimum absolute atomic E-state index is 0.782. The Morgan fingerprint density at radius 1 is 0.833 bits per heavy atom. The van der Waals surface area contributed by atoms with Crippen LogP contribution in [-0.2, 0) is 0 Å². The third kappa shape index (κ3) is 2.19. The molecule has 4 heterocycles. The van der Waals surface area contributed by atoms with Crippen molar-refractivity contribution < 1.29 is 0 Å². The number of hydrogen-bond donors (Lipinski definition) is 0. The van der Waals surface area contributed by atoms with E-state index in [1.165, 1.54) is 24.0 Å². The van der Waals surface area contributed by atoms with Crippen LogP contribution >= 0.6 is 0 Å². The van der Waals surface area contributed by atoms with Crippen LogP contribution in [0.4, 0.5) is 5.82 Å². The molecule has 5 nitrogen and oxygen atoms in total. The van der Waals surface area contributed by atoms with E-state index < -0.39 is 0 Å². The number of likely N-dealkylation sites (tertiary alicyclic amines) is 1. The number of fused-ring (bicyclic) bond motifs is 2. The maximum Gasteiger partial charge on any atom is 0.159 e. The molecule has 2 fully saturated rings. The van der Waals surface area contributed by atoms with Crippen molar-refractivity contribution in [2.24, 2.45) is 11.8 Å². The summed E-state index contributed by atoms with van der Waals surface area (Å²) in [4.78, 5) is 4.84. The number of para-hydroxylation sites is 1. The molecule has 0 radical (unpaired) electrons. The van der Waals surface area contributed by atoms with Gasteiger partial charge in [0.2, 0.25) is 0 Å². The van der Waals surface area contributed by atoms with Gasteiger partial charge in [-0.1, -0.05) is 18.2 Å². The molecule has 5 rings (SSSR count). The van der Waals surface area contributed by atoms with Crippen molar-refractivity contribution in [1.29, 1.82) is 0 Å². The summed E-state index contributed by atoms with van der Waals surface area (Å²) < 4.78 is 2.10. The number of benzene rings is 1. The summed E-state index contributed by atoms with van der Waals surface area (Å²) in [5, 5.41) is 10.2. The molecule has 0 N–H and O–H groups in total. The van der Waals surface area contributed by atoms with E-state index in [1.807, 2.05) is 0 Å². The molecule has 0 bridgehead atoms. The molecule has 0 aliphatic carbocycles. The predicted molar refractivity (Wildman–Crippen MR) is 95.6 cm³/mol. The molecule has 122 valence electrons. The van der Waals surface area contributed by atoms with Crippen molar-refractivity contribution in [3.05, 3.63) is 48.7 Å². The minimum atomic E-state index is 0.782. The van der Waals surface area contributed by atoms with Crippen molar-refractivity contribution in [2.45, 2.75) is 0 Å². The van der Waals surface area contributed by atoms with Crippen LogP contribution in [-0.4, -0.2) is 52.9 Å². The number of hydrogen-bond acceptors (Lipinski definition) is 4. The fourth-order valence-corrected chi connectivity index (χ4v) is 4.31. The maximum absolute atomic E-state index is 4.51. The zero-order valence-electron chi connectivity index (χ0n) is 13.8. The first-order chi connectivity index (χ1) is 11.8. The average Bonchev–Trinajstić information content (AvgIpc) is 3.27. The summed E-state index contributed by atoms with van der Waals surface area (Å²) in [7, 11) is 2.22. The molecule has 0 unspecified atom stereocenters. The lowest BCUT2D eigenvalue weighted by molar-refractivity contribution is 0.386. The third-order valence-corrected chi connectivity index (χ3v) is 5.48. The van der Waals surface area contributed by atoms with Crippen LogP contribution < -0.4 is 4.90 Å². The number of rotatable bonds is 2. The molecule has 1 aromatic carbocycles. The van der Waals surface area contributed by atoms with Crippen LogP contribution in [0, 0.1) is 11.8 Å². The quantitative estimate of drug-likeness (QED) is 0.727. The minimum Gasteiger partial charge on any atom is -0.354 e. The highest BCUT2D eigenvalue weighted by Crippen LogP contribution is 2.32. The van der Waals surface area contributed by atoms with Gasteiger partial charge < -0.3 is 9.80 Å². The lowest BCUT2D eigenvalue weighted by Crippen LogP contribution is -2.27. The second-order valence-electron chi connectivity index (χ2n) is 7.14. The number of nitrogens with zero attached hydrogens (tertiary/aromatic N) is 5. The molecule has 3 aromatic rings. The van der Waals surface area contributed by atoms with Crippen molar-refractivity contribution in [1.82, 2.24) is 19.7 Å². The average molecular weight is 319 g/mol. The van der Waals surface area contributed by atoms with Gasteiger partial charge in [-0.15, -0.1) is 10.2 Å². The summed E-state index contributed by atoms with van der Waals surface area (Å²) >= 11 is 0. The molecule has 2 atom stereocenters. The third-order valence-electron chi connectivity index (χ3n) is 5.48. The molecular formula is C19H21N5. The summed E-state index contributed by atoms with van der Waals surface area (Å²) in [5.41, 5.74) is 1.17. The highest BCUT2D eigenvalue weighted by Gasteiger charge is 2.39. The van der Waals surface area contributed by atoms with E-state index in [4.69, 9.17) is 0 Å². The van der Waals surface area contributed by atoms with Gasteiger partial charge in [-0.25, -0.2) is 0 Å². The van der Waals surface area contributed by atoms with E-state index >= 15 is 0 Å². The molecule has 0 amide bonds. The van der Waals surface area contributed by atoms with E-state index in [9.17, 15) is 0 Å². The Kier molecular flexibility index (Phi) is 3.10. The normalized spacial score (nSPS) is 24.0. The van der Waals surface area contributed by atoms with E-state index in [-0.39, 0.29) is 0 Å². The molecule has 5 heteroatoms. The van der Waals surface area contributed by atoms with Crippen LogP contribution in [0.1, 0.15) is 0 Å². The molecule has 2 aliphatic heterocycles. The highest BCUT2D eigenvalue weighted by atomic mass is 15.3. The van der Waals surface area contributed by atoms with Gasteiger partial charge in [0.1, 0.15) is 0 Å². The van der Waals surface area contributed by atoms with Gasteiger partial charge in [-0.3, -0.25) is 4.57 Å². The second-order valence-corrected chi connectivity index (χ2v) is 7.14. The fourth-order valence-electron chi connectivity index (χ4n) is 4.31. The smallest absolute Gasteiger partial charge is 0.159 e. The van der Waals surface area contributed by atoms with E-state index in [0.717, 1.165) is 36.6 Å². The molecule has 0 spiro atoms. The van der Waals surface area contributed by atoms with Gasteiger partial charge >= 0.3 is 0 Å². The Bertz CT molecular complexity index is 855. The largest absolute Gasteiger partial charge is 0.354 e. The first-order valence-corrected chi connectivity index (χ1v) is 8.61. The molecule has 2 aliphatic rings. The SMILES string of the molecule is CN1C[C@@H]2CN(c3ccc(-n4ccc5ccccc54)nn3)C[C@@H]2C1. The van der Waals surface area contributed by atoms with Gasteiger partial charge in [-0.2, -0.15) is 0 Å². The van der Waals surface area contributed by atoms with Gasteiger partial charge in [-0.05, 0) is 48.5 Å². The monoisotopic (exact) mass is 319 g/mol. The zero-order chi connectivity index (χ0) is 16.1. The van der Waals surface area contributed by atoms with Crippen LogP contribution in [0.15, 0.2) is 48.7 Å². The molecule has 2 aromatic heterocycles. The topological polar surface area (TPSA) is 37.2 Å². The first-order valence-electron chi connectivity index (χ1n) is 8.61. The van der Waals surface area contributed by atoms with Crippen LogP contribution in [0.2, 0.25) is 0 Å². The van der Waals surface area contributed by atoms with Crippen molar-refractivity contribution in [2.75, 3.05) is 38.1 Å². The van der Waals surface area contributed by atoms with Crippen LogP contribution in [0.5, 0.6) is 0 Å². The predicted octanol–water partition coefficient (Wildman–Crippen LogP) is 2.42. The van der Waals surface area contributed by atoms with Crippen molar-refractivity contribution >= 4 is 16.7 Å². The van der Waals surface area contributed by atoms with E-state index in [0.29, 0.717) is 0 Å². The Balaban J connectivity index is 1.40. The standard InChI is InChI=1S/C19H21N5/c1-22-10-15-12-23(13-16(15)11-22)18-6-7-19(21-20-18)24-9-8-14-4-2-3-5-17(14)24/h2-9,15-16H,10-13H2,1H3/t15-,16+. The van der Waals surface area contributed by atoms with Gasteiger partial charge in [0.05, 0.1) is 5.52 Å². The van der Waals surface area contributed by atoms with E-state index in [2.05, 4.69) is 80.3 Å². The molecule has 0 saturated carbocycles. The highest BCUT2D eigenvalue weighted by molar-refractivity contribution is 5.81. The zero-order valence-corrected chi connectivity index (χ0v) is 13.8. The fraction of sp³-hybridized carbons (Fsp3) is 0.368. The number of aromatic nitrogens is 3. The summed E-state index contributed by atoms with van der Waals surface area (Å²) in [6, 6.07) is 14.7. The lowest BCUT2D eigenvalue weighted by Gasteiger charge is -2.19. The van der Waals surface area contributed by atoms with Gasteiger partial charge in [0, 0.05) is 32.4 Å². The Labute approximate surface area is 141 Å². The lowest BCUT2D eigenvalue weighted by atomic mass is 10.0. The van der Waals surface area contributed by atoms with E-state index in [1.54, 1.807) is 0 Å². The second kappa shape index (κ2) is 5.31. The maximum atomic E-state index is 4.51. The summed E-state index contributed by atoms with van der Waals surface area (Å²) in [5.74, 6) is 3.45. The molecule has 24 heavy (non-hydrogen) atoms. The Morgan fingerprint density at radius 2 is 1.54 bits per heavy atom. The first kappa shape index (κ1) is 14.0. The van der Waals surface area contributed by atoms with Gasteiger partial charge in [0.25, 0.3) is 0 Å². The summed E-state index contributed by atoms with van der Waals surface area (Å²) in [6.45, 7) is 4.63. The summed E-state index contributed by atoms with van der Waals surface area (Å²) in [6.07, 6.45) is 2.06. The van der Waals surface area contributed by atoms with Crippen molar-refractivity contribution in [3.8, 4) is 5.82 Å². The Hall–Kier alpha value is -2.40. The molecular weight excluding hydrogens is 298 g/mol.